The molecule has 0 aliphatic heterocycles. The molecule has 0 amide bonds. The first kappa shape index (κ1) is 59.9. The van der Waals surface area contributed by atoms with Crippen molar-refractivity contribution in [1.29, 1.82) is 0 Å². The van der Waals surface area contributed by atoms with E-state index in [0.29, 0.717) is 0 Å². The van der Waals surface area contributed by atoms with Crippen molar-refractivity contribution < 1.29 is 349 Å². The second-order valence-electron chi connectivity index (χ2n) is 6.24. The van der Waals surface area contributed by atoms with Gasteiger partial charge in [0.2, 0.25) is 0 Å². The van der Waals surface area contributed by atoms with Crippen molar-refractivity contribution in [2.45, 2.75) is 0 Å². The van der Waals surface area contributed by atoms with Crippen molar-refractivity contribution >= 4 is 7.82 Å². The fourth-order valence-electron chi connectivity index (χ4n) is 1.41. The van der Waals surface area contributed by atoms with E-state index < -0.39 is 209 Å². The maximum Gasteiger partial charge on any atom is 1.00 e. The van der Waals surface area contributed by atoms with Crippen LogP contribution in [-0.2, 0) is 337 Å². The SMILES string of the molecule is O=P([O][Mo](=[O])(=[O])[O][Mo](=[O])(=[O])[O][Mo](=[O])(=[O])[O][Mo](=[O])(=[O])[OH])([O][Mo](=[O])(=[O])[O][Mo](=[O])(=[O])[O][Mo](=[O])(=[O])[O][Mo](=[O])(=[O])[OH])[O][Mo](=[O])(=[O])[O][Mo](=[O])(=[O])[O][Mo](=[O])(=[O])[O][Mo](=[O])(=[O])[OH].[Ag+]. The van der Waals surface area contributed by atoms with E-state index in [9.17, 15) is 86.1 Å². The summed E-state index contributed by atoms with van der Waals surface area (Å²) in [7, 11) is -7.91. The van der Waals surface area contributed by atoms with Gasteiger partial charge in [0.25, 0.3) is 0 Å². The van der Waals surface area contributed by atoms with Crippen LogP contribution < -0.4 is 0 Å². The molecule has 0 saturated heterocycles. The summed E-state index contributed by atoms with van der Waals surface area (Å²) in [6.07, 6.45) is 0. The second-order valence-corrected chi connectivity index (χ2v) is 56.1. The molecule has 0 aromatic rings. The van der Waals surface area contributed by atoms with Crippen LogP contribution in [0.2, 0.25) is 0 Å². The minimum absolute atomic E-state index is 0. The van der Waals surface area contributed by atoms with Crippen LogP contribution in [0.15, 0.2) is 0 Å². The van der Waals surface area contributed by atoms with Gasteiger partial charge in [-0.05, 0) is 0 Å². The van der Waals surface area contributed by atoms with Crippen LogP contribution in [0.4, 0.5) is 0 Å². The molecule has 40 nitrogen and oxygen atoms in total. The van der Waals surface area contributed by atoms with Gasteiger partial charge in [-0.15, -0.1) is 0 Å². The summed E-state index contributed by atoms with van der Waals surface area (Å²) in [6, 6.07) is 0. The maximum atomic E-state index is 12.8. The van der Waals surface area contributed by atoms with Crippen molar-refractivity contribution in [1.82, 2.24) is 0 Å². The zero-order valence-electron chi connectivity index (χ0n) is 22.1. The Kier molecular flexibility index (Phi) is 22.3. The molecule has 0 heterocycles. The molecule has 0 atom stereocenters. The molecule has 0 bridgehead atoms. The average Bonchev–Trinajstić information content (AvgIpc) is 2.58. The van der Waals surface area contributed by atoms with Gasteiger partial charge in [0.15, 0.2) is 0 Å². The third kappa shape index (κ3) is 29.2. The summed E-state index contributed by atoms with van der Waals surface area (Å²) in [5.74, 6) is 0. The maximum absolute atomic E-state index is 12.8. The smallest absolute Gasteiger partial charge is 1.00 e. The fourth-order valence-corrected chi connectivity index (χ4v) is 60.4. The van der Waals surface area contributed by atoms with E-state index in [1.54, 1.807) is 0 Å². The first-order valence-corrected chi connectivity index (χ1v) is 49.8. The van der Waals surface area contributed by atoms with Gasteiger partial charge in [-0.25, -0.2) is 0 Å². The van der Waals surface area contributed by atoms with E-state index in [1.807, 2.05) is 0 Å². The minimum atomic E-state index is -8.79. The van der Waals surface area contributed by atoms with E-state index >= 15 is 0 Å². The van der Waals surface area contributed by atoms with E-state index in [-0.39, 0.29) is 22.4 Å². The van der Waals surface area contributed by atoms with Gasteiger partial charge in [-0.1, -0.05) is 0 Å². The predicted molar refractivity (Wildman–Crippen MR) is 43.8 cm³/mol. The van der Waals surface area contributed by atoms with E-state index in [1.165, 1.54) is 0 Å². The number of hydrogen-bond acceptors (Lipinski definition) is 37. The quantitative estimate of drug-likeness (QED) is 0.0604. The topological polar surface area (TPSA) is 598 Å². The standard InChI is InChI=1S/Ag.12Mo.H3O4P.3H2O.33O/c;;;;;;;;;;;;;1-5(2,3)4;;;;;;;;;;;;;;;;;;;;;;;;;;;;;;;;;;;;/h;;;;;;;;;;;;;(H3,1,2,3,4);3*1H2;;;;;;;;;;;;;;;;;;;;;;;;;;;;;;;;;/q+1;;;;;;;6*+1;;;;;;;;;;;;;;;;;;;;;;;;;;;;;;;;;;;;;/p-6. The zero-order valence-corrected chi connectivity index (χ0v) is 48.6. The van der Waals surface area contributed by atoms with Gasteiger partial charge < -0.3 is 0 Å². The van der Waals surface area contributed by atoms with Crippen LogP contribution in [0.3, 0.4) is 0 Å². The summed E-state index contributed by atoms with van der Waals surface area (Å²) < 4.78 is 347. The fraction of sp³-hybridized carbons (Fsp3) is 0. The largest absolute Gasteiger partial charge is 1.00 e. The molecular weight excluding hydrogens is 1930 g/mol. The van der Waals surface area contributed by atoms with E-state index in [0.717, 1.165) is 0 Å². The number of hydrogen-bond donors (Lipinski definition) is 3. The predicted octanol–water partition coefficient (Wildman–Crippen LogP) is -4.63. The molecule has 0 spiro atoms. The Bertz CT molecular complexity index is 2510. The molecule has 54 heteroatoms. The van der Waals surface area contributed by atoms with Crippen LogP contribution in [0.5, 0.6) is 0 Å². The van der Waals surface area contributed by atoms with Crippen LogP contribution in [0.25, 0.3) is 0 Å². The summed E-state index contributed by atoms with van der Waals surface area (Å²) in [5, 5.41) is 0. The monoisotopic (exact) mass is 1960 g/mol. The molecule has 54 heavy (non-hydrogen) atoms. The average molecular weight is 1930 g/mol. The first-order valence-electron chi connectivity index (χ1n) is 8.78. The van der Waals surface area contributed by atoms with Gasteiger partial charge >= 0.3 is 356 Å². The molecule has 3 N–H and O–H groups in total. The van der Waals surface area contributed by atoms with Crippen LogP contribution >= 0.6 is 7.82 Å². The molecule has 0 aliphatic carbocycles. The van der Waals surface area contributed by atoms with Gasteiger partial charge in [-0.2, -0.15) is 0 Å². The van der Waals surface area contributed by atoms with Crippen molar-refractivity contribution in [3.63, 3.8) is 0 Å². The first-order chi connectivity index (χ1) is 22.5. The third-order valence-corrected chi connectivity index (χ3v) is 62.5. The Hall–Kier alpha value is 3.83. The molecule has 0 unspecified atom stereocenters. The molecular formula is H3AgMo12O40P+. The van der Waals surface area contributed by atoms with Crippen molar-refractivity contribution in [3.05, 3.63) is 0 Å². The third-order valence-electron chi connectivity index (χ3n) is 2.06. The summed E-state index contributed by atoms with van der Waals surface area (Å²) in [4.78, 5) is 0. The number of phosphoric acid groups is 1. The summed E-state index contributed by atoms with van der Waals surface area (Å²) in [5.41, 5.74) is 0. The van der Waals surface area contributed by atoms with Crippen LogP contribution in [0, 0.1) is 0 Å². The molecule has 0 aromatic carbocycles. The van der Waals surface area contributed by atoms with Crippen molar-refractivity contribution in [2.24, 2.45) is 0 Å². The normalized spacial score (nSPS) is 15.3. The molecule has 0 fully saturated rings. The summed E-state index contributed by atoms with van der Waals surface area (Å²) in [6.45, 7) is 0. The molecule has 0 radical (unpaired) electrons. The van der Waals surface area contributed by atoms with Crippen molar-refractivity contribution in [2.75, 3.05) is 0 Å². The van der Waals surface area contributed by atoms with E-state index in [4.69, 9.17) is 11.3 Å². The van der Waals surface area contributed by atoms with Gasteiger partial charge in [0.05, 0.1) is 0 Å². The minimum Gasteiger partial charge on any atom is 1.00 e. The van der Waals surface area contributed by atoms with Gasteiger partial charge in [0, 0.05) is 0 Å². The van der Waals surface area contributed by atoms with Crippen molar-refractivity contribution in [3.8, 4) is 0 Å². The van der Waals surface area contributed by atoms with Crippen LogP contribution in [-0.4, -0.2) is 11.3 Å². The Morgan fingerprint density at radius 3 is 0.537 bits per heavy atom. The zero-order chi connectivity index (χ0) is 43.0. The van der Waals surface area contributed by atoms with E-state index in [2.05, 4.69) is 27.9 Å². The molecule has 0 rings (SSSR count). The molecule has 0 aromatic heterocycles. The van der Waals surface area contributed by atoms with Gasteiger partial charge in [-0.3, -0.25) is 0 Å². The molecule has 330 valence electrons. The Morgan fingerprint density at radius 2 is 0.389 bits per heavy atom. The molecule has 0 aliphatic rings. The summed E-state index contributed by atoms with van der Waals surface area (Å²) >= 11 is -97.4. The Balaban J connectivity index is 0. The number of rotatable bonds is 24. The van der Waals surface area contributed by atoms with Crippen LogP contribution in [0.1, 0.15) is 0 Å². The second kappa shape index (κ2) is 20.1. The van der Waals surface area contributed by atoms with Gasteiger partial charge in [0.1, 0.15) is 0 Å². The Morgan fingerprint density at radius 1 is 0.259 bits per heavy atom. The Labute approximate surface area is 349 Å². The molecule has 0 saturated carbocycles.